The van der Waals surface area contributed by atoms with Crippen molar-refractivity contribution in [3.05, 3.63) is 42.2 Å². The minimum atomic E-state index is -0.418. The van der Waals surface area contributed by atoms with E-state index in [-0.39, 0.29) is 11.7 Å². The molecule has 2 N–H and O–H groups in total. The first kappa shape index (κ1) is 15.4. The third kappa shape index (κ3) is 3.31. The molecule has 0 spiro atoms. The van der Waals surface area contributed by atoms with E-state index in [0.29, 0.717) is 21.9 Å². The average molecular weight is 331 g/mol. The number of benzene rings is 1. The molecule has 0 saturated carbocycles. The molecule has 0 aliphatic rings. The van der Waals surface area contributed by atoms with Gasteiger partial charge in [0.2, 0.25) is 5.91 Å². The summed E-state index contributed by atoms with van der Waals surface area (Å²) < 4.78 is 13.3. The smallest absolute Gasteiger partial charge is 0.237 e. The van der Waals surface area contributed by atoms with E-state index in [1.54, 1.807) is 13.0 Å². The van der Waals surface area contributed by atoms with Gasteiger partial charge in [0.25, 0.3) is 0 Å². The van der Waals surface area contributed by atoms with Crippen LogP contribution in [0.3, 0.4) is 0 Å². The molecule has 0 aliphatic carbocycles. The van der Waals surface area contributed by atoms with Crippen molar-refractivity contribution in [2.75, 3.05) is 5.32 Å². The number of amides is 1. The lowest BCUT2D eigenvalue weighted by molar-refractivity contribution is -0.115. The molecule has 2 heterocycles. The molecule has 8 heteroatoms. The molecule has 3 rings (SSSR count). The van der Waals surface area contributed by atoms with Crippen molar-refractivity contribution in [1.82, 2.24) is 19.9 Å². The molecule has 2 aromatic heterocycles. The molecule has 3 aromatic rings. The van der Waals surface area contributed by atoms with E-state index in [2.05, 4.69) is 25.3 Å². The number of anilines is 1. The predicted octanol–water partition coefficient (Wildman–Crippen LogP) is 2.92. The zero-order chi connectivity index (χ0) is 16.4. The number of nitrogens with zero attached hydrogens (tertiary/aromatic N) is 3. The van der Waals surface area contributed by atoms with E-state index < -0.39 is 5.25 Å². The second-order valence-corrected chi connectivity index (χ2v) is 6.32. The maximum absolute atomic E-state index is 13.3. The van der Waals surface area contributed by atoms with E-state index in [0.717, 1.165) is 5.56 Å². The van der Waals surface area contributed by atoms with Crippen LogP contribution in [0.15, 0.2) is 35.9 Å². The Kier molecular flexibility index (Phi) is 4.24. The zero-order valence-electron chi connectivity index (χ0n) is 12.5. The number of carbonyl (C=O) groups excluding carboxylic acids is 1. The van der Waals surface area contributed by atoms with E-state index in [4.69, 9.17) is 0 Å². The van der Waals surface area contributed by atoms with Gasteiger partial charge in [-0.05, 0) is 31.5 Å². The van der Waals surface area contributed by atoms with Gasteiger partial charge in [0.1, 0.15) is 22.7 Å². The highest BCUT2D eigenvalue weighted by Gasteiger charge is 2.18. The Balaban J connectivity index is 1.75. The number of aromatic nitrogens is 4. The Morgan fingerprint density at radius 3 is 3.00 bits per heavy atom. The molecule has 0 radical (unpaired) electrons. The molecule has 0 fully saturated rings. The SMILES string of the molecule is Cc1ccc(F)cc1NC(=O)[C@@H](C)Sc1ncnc2nc[nH]c12. The largest absolute Gasteiger partial charge is 0.341 e. The third-order valence-corrected chi connectivity index (χ3v) is 4.40. The van der Waals surface area contributed by atoms with Crippen LogP contribution in [0.1, 0.15) is 12.5 Å². The lowest BCUT2D eigenvalue weighted by Crippen LogP contribution is -2.23. The average Bonchev–Trinajstić information content (AvgIpc) is 3.00. The number of fused-ring (bicyclic) bond motifs is 1. The van der Waals surface area contributed by atoms with Crippen LogP contribution in [-0.4, -0.2) is 31.1 Å². The highest BCUT2D eigenvalue weighted by molar-refractivity contribution is 8.00. The molecular formula is C15H14FN5OS. The Hall–Kier alpha value is -2.48. The fourth-order valence-corrected chi connectivity index (χ4v) is 2.89. The van der Waals surface area contributed by atoms with Crippen molar-refractivity contribution in [3.8, 4) is 0 Å². The molecule has 0 aliphatic heterocycles. The van der Waals surface area contributed by atoms with E-state index in [1.807, 2.05) is 6.92 Å². The Bertz CT molecular complexity index is 866. The molecular weight excluding hydrogens is 317 g/mol. The third-order valence-electron chi connectivity index (χ3n) is 3.30. The molecule has 0 bridgehead atoms. The van der Waals surface area contributed by atoms with Crippen molar-refractivity contribution < 1.29 is 9.18 Å². The van der Waals surface area contributed by atoms with Crippen LogP contribution in [0.2, 0.25) is 0 Å². The topological polar surface area (TPSA) is 83.6 Å². The van der Waals surface area contributed by atoms with Crippen LogP contribution in [0, 0.1) is 12.7 Å². The number of thioether (sulfide) groups is 1. The van der Waals surface area contributed by atoms with E-state index in [9.17, 15) is 9.18 Å². The van der Waals surface area contributed by atoms with Crippen molar-refractivity contribution in [3.63, 3.8) is 0 Å². The highest BCUT2D eigenvalue weighted by Crippen LogP contribution is 2.27. The zero-order valence-corrected chi connectivity index (χ0v) is 13.3. The van der Waals surface area contributed by atoms with Gasteiger partial charge in [-0.25, -0.2) is 19.3 Å². The fraction of sp³-hybridized carbons (Fsp3) is 0.200. The second kappa shape index (κ2) is 6.33. The van der Waals surface area contributed by atoms with Gasteiger partial charge in [-0.2, -0.15) is 0 Å². The lowest BCUT2D eigenvalue weighted by atomic mass is 10.2. The van der Waals surface area contributed by atoms with Gasteiger partial charge < -0.3 is 10.3 Å². The number of rotatable bonds is 4. The molecule has 118 valence electrons. The molecule has 0 unspecified atom stereocenters. The summed E-state index contributed by atoms with van der Waals surface area (Å²) in [5.41, 5.74) is 2.52. The summed E-state index contributed by atoms with van der Waals surface area (Å²) in [6.45, 7) is 3.57. The van der Waals surface area contributed by atoms with Gasteiger partial charge in [-0.3, -0.25) is 4.79 Å². The highest BCUT2D eigenvalue weighted by atomic mass is 32.2. The van der Waals surface area contributed by atoms with Crippen LogP contribution < -0.4 is 5.32 Å². The summed E-state index contributed by atoms with van der Waals surface area (Å²) in [5.74, 6) is -0.615. The number of H-pyrrole nitrogens is 1. The summed E-state index contributed by atoms with van der Waals surface area (Å²) in [5, 5.41) is 2.97. The normalized spacial score (nSPS) is 12.3. The van der Waals surface area contributed by atoms with Gasteiger partial charge in [-0.1, -0.05) is 17.8 Å². The Labute approximate surface area is 135 Å². The number of hydrogen-bond acceptors (Lipinski definition) is 5. The second-order valence-electron chi connectivity index (χ2n) is 4.99. The number of hydrogen-bond donors (Lipinski definition) is 2. The molecule has 1 atom stereocenters. The Morgan fingerprint density at radius 2 is 2.17 bits per heavy atom. The summed E-state index contributed by atoms with van der Waals surface area (Å²) in [4.78, 5) is 27.6. The molecule has 0 saturated heterocycles. The van der Waals surface area contributed by atoms with Crippen molar-refractivity contribution in [1.29, 1.82) is 0 Å². The molecule has 1 amide bonds. The minimum absolute atomic E-state index is 0.227. The summed E-state index contributed by atoms with van der Waals surface area (Å²) >= 11 is 1.29. The maximum Gasteiger partial charge on any atom is 0.237 e. The van der Waals surface area contributed by atoms with Crippen LogP contribution in [0.25, 0.3) is 11.2 Å². The van der Waals surface area contributed by atoms with Crippen LogP contribution in [-0.2, 0) is 4.79 Å². The minimum Gasteiger partial charge on any atom is -0.341 e. The van der Waals surface area contributed by atoms with Crippen molar-refractivity contribution in [2.24, 2.45) is 0 Å². The summed E-state index contributed by atoms with van der Waals surface area (Å²) in [6.07, 6.45) is 2.94. The quantitative estimate of drug-likeness (QED) is 0.567. The molecule has 23 heavy (non-hydrogen) atoms. The predicted molar refractivity (Wildman–Crippen MR) is 86.8 cm³/mol. The number of carbonyl (C=O) groups is 1. The first-order valence-electron chi connectivity index (χ1n) is 6.92. The van der Waals surface area contributed by atoms with Crippen LogP contribution in [0.5, 0.6) is 0 Å². The fourth-order valence-electron chi connectivity index (χ4n) is 2.02. The molecule has 6 nitrogen and oxygen atoms in total. The van der Waals surface area contributed by atoms with E-state index >= 15 is 0 Å². The number of aryl methyl sites for hydroxylation is 1. The van der Waals surface area contributed by atoms with Gasteiger partial charge in [0.05, 0.1) is 11.6 Å². The lowest BCUT2D eigenvalue weighted by Gasteiger charge is -2.13. The number of nitrogens with one attached hydrogen (secondary N) is 2. The number of imidazole rings is 1. The standard InChI is InChI=1S/C15H14FN5OS/c1-8-3-4-10(16)5-11(8)21-14(22)9(2)23-15-12-13(18-6-17-12)19-7-20-15/h3-7,9H,1-2H3,(H,21,22)(H,17,18,19,20)/t9-/m1/s1. The van der Waals surface area contributed by atoms with Crippen LogP contribution in [0.4, 0.5) is 10.1 Å². The maximum atomic E-state index is 13.3. The number of aromatic amines is 1. The van der Waals surface area contributed by atoms with Gasteiger partial charge in [-0.15, -0.1) is 0 Å². The Morgan fingerprint density at radius 1 is 1.35 bits per heavy atom. The number of halogens is 1. The van der Waals surface area contributed by atoms with Gasteiger partial charge >= 0.3 is 0 Å². The van der Waals surface area contributed by atoms with Gasteiger partial charge in [0, 0.05) is 5.69 Å². The summed E-state index contributed by atoms with van der Waals surface area (Å²) in [7, 11) is 0. The monoisotopic (exact) mass is 331 g/mol. The first-order valence-corrected chi connectivity index (χ1v) is 7.80. The van der Waals surface area contributed by atoms with Crippen LogP contribution >= 0.6 is 11.8 Å². The molecule has 1 aromatic carbocycles. The first-order chi connectivity index (χ1) is 11.0. The van der Waals surface area contributed by atoms with Crippen molar-refractivity contribution >= 4 is 34.5 Å². The van der Waals surface area contributed by atoms with Crippen molar-refractivity contribution in [2.45, 2.75) is 24.1 Å². The van der Waals surface area contributed by atoms with Gasteiger partial charge in [0.15, 0.2) is 5.65 Å². The van der Waals surface area contributed by atoms with E-state index in [1.165, 1.54) is 36.5 Å². The summed E-state index contributed by atoms with van der Waals surface area (Å²) in [6, 6.07) is 4.29.